The van der Waals surface area contributed by atoms with Crippen LogP contribution >= 0.6 is 0 Å². The summed E-state index contributed by atoms with van der Waals surface area (Å²) >= 11 is 0. The molecular formula is C13H17NO4. The molecular weight excluding hydrogens is 234 g/mol. The van der Waals surface area contributed by atoms with Gasteiger partial charge in [0.1, 0.15) is 17.8 Å². The molecule has 0 amide bonds. The predicted molar refractivity (Wildman–Crippen MR) is 65.2 cm³/mol. The van der Waals surface area contributed by atoms with Crippen molar-refractivity contribution >= 4 is 6.29 Å². The maximum Gasteiger partial charge on any atom is 0.123 e. The van der Waals surface area contributed by atoms with Crippen LogP contribution in [0.1, 0.15) is 12.0 Å². The maximum atomic E-state index is 10.7. The van der Waals surface area contributed by atoms with Gasteiger partial charge in [0, 0.05) is 36.1 Å². The van der Waals surface area contributed by atoms with Crippen LogP contribution in [-0.4, -0.2) is 34.8 Å². The van der Waals surface area contributed by atoms with E-state index in [1.807, 2.05) is 0 Å². The van der Waals surface area contributed by atoms with Crippen molar-refractivity contribution in [3.05, 3.63) is 23.8 Å². The van der Waals surface area contributed by atoms with E-state index in [9.17, 15) is 15.0 Å². The Hall–Kier alpha value is -1.59. The molecule has 0 heterocycles. The smallest absolute Gasteiger partial charge is 0.123 e. The summed E-state index contributed by atoms with van der Waals surface area (Å²) in [4.78, 5) is 10.7. The monoisotopic (exact) mass is 251 g/mol. The largest absolute Gasteiger partial charge is 0.508 e. The van der Waals surface area contributed by atoms with Crippen LogP contribution in [-0.2, 0) is 11.3 Å². The first kappa shape index (κ1) is 12.9. The number of aldehydes is 1. The molecule has 0 aliphatic heterocycles. The van der Waals surface area contributed by atoms with Crippen molar-refractivity contribution in [2.24, 2.45) is 11.3 Å². The fourth-order valence-corrected chi connectivity index (χ4v) is 2.16. The van der Waals surface area contributed by atoms with E-state index in [1.54, 1.807) is 6.07 Å². The van der Waals surface area contributed by atoms with E-state index >= 15 is 0 Å². The van der Waals surface area contributed by atoms with Gasteiger partial charge < -0.3 is 25.4 Å². The van der Waals surface area contributed by atoms with Gasteiger partial charge in [-0.3, -0.25) is 0 Å². The van der Waals surface area contributed by atoms with Crippen molar-refractivity contribution in [2.75, 3.05) is 13.2 Å². The summed E-state index contributed by atoms with van der Waals surface area (Å²) in [6, 6.07) is 4.42. The Morgan fingerprint density at radius 3 is 2.78 bits per heavy atom. The van der Waals surface area contributed by atoms with Crippen molar-refractivity contribution in [1.29, 1.82) is 0 Å². The molecule has 0 saturated heterocycles. The van der Waals surface area contributed by atoms with E-state index in [1.165, 1.54) is 12.1 Å². The highest BCUT2D eigenvalue weighted by Crippen LogP contribution is 2.50. The van der Waals surface area contributed by atoms with Gasteiger partial charge >= 0.3 is 0 Å². The number of phenols is 2. The van der Waals surface area contributed by atoms with Crippen LogP contribution in [0, 0.1) is 11.3 Å². The van der Waals surface area contributed by atoms with E-state index in [4.69, 9.17) is 5.11 Å². The van der Waals surface area contributed by atoms with Gasteiger partial charge in [-0.25, -0.2) is 0 Å². The molecule has 0 bridgehead atoms. The highest BCUT2D eigenvalue weighted by atomic mass is 16.3. The molecule has 0 spiro atoms. The van der Waals surface area contributed by atoms with Gasteiger partial charge in [-0.2, -0.15) is 0 Å². The number of carbonyl (C=O) groups is 1. The van der Waals surface area contributed by atoms with E-state index < -0.39 is 0 Å². The molecule has 1 saturated carbocycles. The fraction of sp³-hybridized carbons (Fsp3) is 0.462. The third-order valence-corrected chi connectivity index (χ3v) is 3.59. The third-order valence-electron chi connectivity index (χ3n) is 3.59. The molecule has 4 N–H and O–H groups in total. The first-order valence-electron chi connectivity index (χ1n) is 5.89. The molecule has 5 heteroatoms. The van der Waals surface area contributed by atoms with E-state index in [0.29, 0.717) is 25.1 Å². The molecule has 0 radical (unpaired) electrons. The average Bonchev–Trinajstić information content (AvgIpc) is 3.06. The zero-order valence-corrected chi connectivity index (χ0v) is 9.97. The van der Waals surface area contributed by atoms with E-state index in [0.717, 1.165) is 6.29 Å². The first-order valence-corrected chi connectivity index (χ1v) is 5.89. The molecule has 1 aromatic rings. The van der Waals surface area contributed by atoms with Gasteiger partial charge in [0.25, 0.3) is 0 Å². The second-order valence-corrected chi connectivity index (χ2v) is 4.88. The number of aliphatic hydroxyl groups is 1. The standard InChI is InChI=1S/C13H17NO4/c15-6-10-4-13(10,8-16)7-14-5-9-1-2-11(17)3-12(9)18/h1-3,6,10,14,16-18H,4-5,7-8H2. The summed E-state index contributed by atoms with van der Waals surface area (Å²) in [5.74, 6) is -0.0158. The predicted octanol–water partition coefficient (Wildman–Crippen LogP) is 0.385. The number of hydrogen-bond acceptors (Lipinski definition) is 5. The molecule has 0 aromatic heterocycles. The van der Waals surface area contributed by atoms with E-state index in [2.05, 4.69) is 5.32 Å². The second-order valence-electron chi connectivity index (χ2n) is 4.88. The molecule has 1 fully saturated rings. The summed E-state index contributed by atoms with van der Waals surface area (Å²) in [6.45, 7) is 0.956. The summed E-state index contributed by atoms with van der Waals surface area (Å²) < 4.78 is 0. The normalized spacial score (nSPS) is 25.9. The number of aromatic hydroxyl groups is 2. The molecule has 18 heavy (non-hydrogen) atoms. The molecule has 5 nitrogen and oxygen atoms in total. The number of aliphatic hydroxyl groups excluding tert-OH is 1. The Bertz CT molecular complexity index is 449. The maximum absolute atomic E-state index is 10.7. The SMILES string of the molecule is O=CC1CC1(CO)CNCc1ccc(O)cc1O. The van der Waals surface area contributed by atoms with Crippen LogP contribution in [0.3, 0.4) is 0 Å². The molecule has 1 aliphatic carbocycles. The summed E-state index contributed by atoms with van der Waals surface area (Å²) in [5, 5.41) is 31.1. The Morgan fingerprint density at radius 2 is 2.22 bits per heavy atom. The zero-order chi connectivity index (χ0) is 13.2. The zero-order valence-electron chi connectivity index (χ0n) is 9.97. The number of nitrogens with one attached hydrogen (secondary N) is 1. The lowest BCUT2D eigenvalue weighted by atomic mass is 10.1. The minimum atomic E-state index is -0.325. The molecule has 1 aliphatic rings. The van der Waals surface area contributed by atoms with Gasteiger partial charge in [-0.1, -0.05) is 6.07 Å². The highest BCUT2D eigenvalue weighted by Gasteiger charge is 2.53. The quantitative estimate of drug-likeness (QED) is 0.549. The van der Waals surface area contributed by atoms with Crippen molar-refractivity contribution in [3.63, 3.8) is 0 Å². The summed E-state index contributed by atoms with van der Waals surface area (Å²) in [5.41, 5.74) is 0.345. The van der Waals surface area contributed by atoms with E-state index in [-0.39, 0.29) is 29.4 Å². The number of carbonyl (C=O) groups excluding carboxylic acids is 1. The van der Waals surface area contributed by atoms with Crippen LogP contribution in [0.15, 0.2) is 18.2 Å². The molecule has 2 unspecified atom stereocenters. The first-order chi connectivity index (χ1) is 8.61. The Balaban J connectivity index is 1.87. The van der Waals surface area contributed by atoms with Gasteiger partial charge in [-0.05, 0) is 12.5 Å². The van der Waals surface area contributed by atoms with Crippen LogP contribution in [0.2, 0.25) is 0 Å². The van der Waals surface area contributed by atoms with Gasteiger partial charge in [0.15, 0.2) is 0 Å². The average molecular weight is 251 g/mol. The minimum Gasteiger partial charge on any atom is -0.508 e. The van der Waals surface area contributed by atoms with Gasteiger partial charge in [0.05, 0.1) is 6.61 Å². The van der Waals surface area contributed by atoms with Crippen molar-refractivity contribution in [2.45, 2.75) is 13.0 Å². The van der Waals surface area contributed by atoms with Crippen molar-refractivity contribution in [3.8, 4) is 11.5 Å². The Kier molecular flexibility index (Phi) is 3.54. The lowest BCUT2D eigenvalue weighted by Crippen LogP contribution is -2.28. The fourth-order valence-electron chi connectivity index (χ4n) is 2.16. The Labute approximate surface area is 105 Å². The summed E-state index contributed by atoms with van der Waals surface area (Å²) in [6.07, 6.45) is 1.59. The molecule has 2 rings (SSSR count). The van der Waals surface area contributed by atoms with Crippen molar-refractivity contribution < 1.29 is 20.1 Å². The highest BCUT2D eigenvalue weighted by molar-refractivity contribution is 5.60. The topological polar surface area (TPSA) is 89.8 Å². The lowest BCUT2D eigenvalue weighted by molar-refractivity contribution is -0.109. The number of phenolic OH excluding ortho intramolecular Hbond substituents is 2. The Morgan fingerprint density at radius 1 is 1.44 bits per heavy atom. The molecule has 1 aromatic carbocycles. The molecule has 98 valence electrons. The number of rotatable bonds is 6. The number of hydrogen-bond donors (Lipinski definition) is 4. The van der Waals surface area contributed by atoms with Gasteiger partial charge in [0.2, 0.25) is 0 Å². The number of benzene rings is 1. The van der Waals surface area contributed by atoms with Crippen LogP contribution < -0.4 is 5.32 Å². The minimum absolute atomic E-state index is 0.00896. The van der Waals surface area contributed by atoms with Crippen molar-refractivity contribution in [1.82, 2.24) is 5.32 Å². The van der Waals surface area contributed by atoms with Crippen LogP contribution in [0.5, 0.6) is 11.5 Å². The van der Waals surface area contributed by atoms with Gasteiger partial charge in [-0.15, -0.1) is 0 Å². The second kappa shape index (κ2) is 4.96. The van der Waals surface area contributed by atoms with Crippen LogP contribution in [0.4, 0.5) is 0 Å². The third kappa shape index (κ3) is 2.47. The summed E-state index contributed by atoms with van der Waals surface area (Å²) in [7, 11) is 0. The lowest BCUT2D eigenvalue weighted by Gasteiger charge is -2.14. The molecule has 2 atom stereocenters. The van der Waals surface area contributed by atoms with Crippen LogP contribution in [0.25, 0.3) is 0 Å².